The molecule has 0 aliphatic rings. The van der Waals surface area contributed by atoms with Crippen LogP contribution in [0.15, 0.2) is 0 Å². The number of phosphoric acid groups is 2. The van der Waals surface area contributed by atoms with E-state index in [2.05, 4.69) is 34.6 Å². The lowest BCUT2D eigenvalue weighted by Gasteiger charge is -2.21. The van der Waals surface area contributed by atoms with E-state index in [1.54, 1.807) is 0 Å². The quantitative estimate of drug-likeness (QED) is 0.0222. The van der Waals surface area contributed by atoms with Crippen molar-refractivity contribution in [2.24, 2.45) is 5.92 Å². The maximum atomic E-state index is 13.1. The third-order valence-corrected chi connectivity index (χ3v) is 22.2. The number of rotatable bonds is 86. The van der Waals surface area contributed by atoms with Crippen LogP contribution >= 0.6 is 15.6 Å². The van der Waals surface area contributed by atoms with Gasteiger partial charge < -0.3 is 33.8 Å². The number of phosphoric ester groups is 2. The third kappa shape index (κ3) is 79.9. The monoisotopic (exact) mass is 1540 g/mol. The van der Waals surface area contributed by atoms with Crippen molar-refractivity contribution in [1.29, 1.82) is 0 Å². The Hall–Kier alpha value is -1.94. The summed E-state index contributed by atoms with van der Waals surface area (Å²) in [6, 6.07) is 0. The van der Waals surface area contributed by atoms with Crippen LogP contribution in [0.3, 0.4) is 0 Å². The molecule has 0 aromatic heterocycles. The minimum absolute atomic E-state index is 0.109. The molecule has 0 heterocycles. The highest BCUT2D eigenvalue weighted by molar-refractivity contribution is 7.47. The number of carbonyl (C=O) groups is 4. The Balaban J connectivity index is 5.25. The number of ether oxygens (including phenoxy) is 4. The van der Waals surface area contributed by atoms with E-state index < -0.39 is 97.5 Å². The first-order valence-corrected chi connectivity index (χ1v) is 47.6. The normalized spacial score (nSPS) is 13.8. The van der Waals surface area contributed by atoms with Gasteiger partial charge in [-0.3, -0.25) is 37.3 Å². The first-order valence-electron chi connectivity index (χ1n) is 44.6. The zero-order chi connectivity index (χ0) is 76.9. The molecule has 624 valence electrons. The molecule has 0 rings (SSSR count). The molecular formula is C86H168O17P2. The Bertz CT molecular complexity index is 2000. The smallest absolute Gasteiger partial charge is 0.462 e. The van der Waals surface area contributed by atoms with E-state index in [4.69, 9.17) is 37.0 Å². The van der Waals surface area contributed by atoms with Gasteiger partial charge in [-0.1, -0.05) is 413 Å². The predicted molar refractivity (Wildman–Crippen MR) is 432 cm³/mol. The van der Waals surface area contributed by atoms with Crippen LogP contribution in [0.25, 0.3) is 0 Å². The van der Waals surface area contributed by atoms with Gasteiger partial charge in [0.25, 0.3) is 0 Å². The van der Waals surface area contributed by atoms with Crippen molar-refractivity contribution in [3.63, 3.8) is 0 Å². The minimum atomic E-state index is -4.97. The molecule has 19 heteroatoms. The lowest BCUT2D eigenvalue weighted by atomic mass is 10.0. The molecule has 5 atom stereocenters. The van der Waals surface area contributed by atoms with Gasteiger partial charge in [0.15, 0.2) is 12.2 Å². The van der Waals surface area contributed by atoms with Gasteiger partial charge >= 0.3 is 39.5 Å². The largest absolute Gasteiger partial charge is 0.472 e. The van der Waals surface area contributed by atoms with Crippen LogP contribution in [0.1, 0.15) is 465 Å². The van der Waals surface area contributed by atoms with Crippen LogP contribution < -0.4 is 0 Å². The van der Waals surface area contributed by atoms with Gasteiger partial charge in [-0.25, -0.2) is 9.13 Å². The van der Waals surface area contributed by atoms with Crippen LogP contribution in [0.2, 0.25) is 0 Å². The molecular weight excluding hydrogens is 1370 g/mol. The van der Waals surface area contributed by atoms with Gasteiger partial charge in [0.1, 0.15) is 19.3 Å². The average Bonchev–Trinajstić information content (AvgIpc) is 0.914. The topological polar surface area (TPSA) is 237 Å². The van der Waals surface area contributed by atoms with Crippen molar-refractivity contribution in [3.8, 4) is 0 Å². The first kappa shape index (κ1) is 103. The van der Waals surface area contributed by atoms with E-state index in [1.165, 1.54) is 289 Å². The standard InChI is InChI=1S/C86H168O17P2/c1-6-9-12-15-18-21-24-27-30-33-34-37-40-43-46-51-57-62-67-72-85(90)102-81(75-96-83(88)69-64-59-54-49-44-41-38-35-31-28-25-22-19-16-13-10-7-2)77-100-104(92,93)98-73-80(87)74-99-105(94,95)101-78-82(76-97-84(89)70-65-60-55-52-47-48-53-58-63-68-79(4)5)103-86(91)71-66-61-56-50-45-42-39-36-32-29-26-23-20-17-14-11-8-3/h79-82,87H,6-78H2,1-5H3,(H,92,93)(H,94,95)/t80-,81-,82-/m1/s1. The summed E-state index contributed by atoms with van der Waals surface area (Å²) in [5, 5.41) is 10.7. The van der Waals surface area contributed by atoms with E-state index >= 15 is 0 Å². The second-order valence-corrected chi connectivity index (χ2v) is 34.3. The van der Waals surface area contributed by atoms with Crippen LogP contribution in [0.4, 0.5) is 0 Å². The Kier molecular flexibility index (Phi) is 77.3. The maximum absolute atomic E-state index is 13.1. The molecule has 2 unspecified atom stereocenters. The van der Waals surface area contributed by atoms with Gasteiger partial charge in [-0.15, -0.1) is 0 Å². The highest BCUT2D eigenvalue weighted by Gasteiger charge is 2.30. The predicted octanol–water partition coefficient (Wildman–Crippen LogP) is 26.4. The van der Waals surface area contributed by atoms with Gasteiger partial charge in [0, 0.05) is 25.7 Å². The molecule has 17 nitrogen and oxygen atoms in total. The van der Waals surface area contributed by atoms with Crippen molar-refractivity contribution in [2.75, 3.05) is 39.6 Å². The van der Waals surface area contributed by atoms with Crippen LogP contribution in [0, 0.1) is 5.92 Å². The fourth-order valence-electron chi connectivity index (χ4n) is 13.5. The number of carbonyl (C=O) groups excluding carboxylic acids is 4. The molecule has 0 aromatic rings. The highest BCUT2D eigenvalue weighted by Crippen LogP contribution is 2.45. The summed E-state index contributed by atoms with van der Waals surface area (Å²) in [7, 11) is -9.93. The molecule has 0 bridgehead atoms. The molecule has 0 aliphatic carbocycles. The van der Waals surface area contributed by atoms with Crippen molar-refractivity contribution >= 4 is 39.5 Å². The lowest BCUT2D eigenvalue weighted by Crippen LogP contribution is -2.30. The second kappa shape index (κ2) is 78.7. The molecule has 3 N–H and O–H groups in total. The van der Waals surface area contributed by atoms with Crippen molar-refractivity contribution in [1.82, 2.24) is 0 Å². The SMILES string of the molecule is CCCCCCCCCCCCCCCCCCCCCC(=O)O[C@H](COC(=O)CCCCCCCCCCCCCCCCCCC)COP(=O)(O)OC[C@@H](O)COP(=O)(O)OC[C@@H](COC(=O)CCCCCCCCCCCC(C)C)OC(=O)CCCCCCCCCCCCCCCCCCC. The maximum Gasteiger partial charge on any atom is 0.472 e. The summed E-state index contributed by atoms with van der Waals surface area (Å²) >= 11 is 0. The number of esters is 4. The highest BCUT2D eigenvalue weighted by atomic mass is 31.2. The van der Waals surface area contributed by atoms with Crippen LogP contribution in [-0.2, 0) is 65.4 Å². The van der Waals surface area contributed by atoms with Crippen molar-refractivity contribution < 1.29 is 80.2 Å². The number of aliphatic hydroxyl groups is 1. The molecule has 0 radical (unpaired) electrons. The second-order valence-electron chi connectivity index (χ2n) is 31.4. The molecule has 0 spiro atoms. The minimum Gasteiger partial charge on any atom is -0.462 e. The van der Waals surface area contributed by atoms with Gasteiger partial charge in [0.05, 0.1) is 26.4 Å². The van der Waals surface area contributed by atoms with E-state index in [9.17, 15) is 43.2 Å². The third-order valence-electron chi connectivity index (χ3n) is 20.3. The fraction of sp³-hybridized carbons (Fsp3) is 0.953. The van der Waals surface area contributed by atoms with Crippen LogP contribution in [-0.4, -0.2) is 96.7 Å². The summed E-state index contributed by atoms with van der Waals surface area (Å²) in [4.78, 5) is 73.3. The van der Waals surface area contributed by atoms with E-state index in [0.717, 1.165) is 95.8 Å². The Morgan fingerprint density at radius 2 is 0.438 bits per heavy atom. The number of unbranched alkanes of at least 4 members (excludes halogenated alkanes) is 58. The number of hydrogen-bond acceptors (Lipinski definition) is 15. The van der Waals surface area contributed by atoms with E-state index in [0.29, 0.717) is 25.7 Å². The molecule has 0 amide bonds. The summed E-state index contributed by atoms with van der Waals surface area (Å²) < 4.78 is 68.9. The molecule has 0 fully saturated rings. The molecule has 0 aromatic carbocycles. The molecule has 0 saturated heterocycles. The first-order chi connectivity index (χ1) is 51.0. The van der Waals surface area contributed by atoms with E-state index in [1.807, 2.05) is 0 Å². The Morgan fingerprint density at radius 1 is 0.257 bits per heavy atom. The van der Waals surface area contributed by atoms with Gasteiger partial charge in [-0.2, -0.15) is 0 Å². The fourth-order valence-corrected chi connectivity index (χ4v) is 15.1. The summed E-state index contributed by atoms with van der Waals surface area (Å²) in [6.07, 6.45) is 72.2. The Morgan fingerprint density at radius 3 is 0.648 bits per heavy atom. The lowest BCUT2D eigenvalue weighted by molar-refractivity contribution is -0.161. The summed E-state index contributed by atoms with van der Waals surface area (Å²) in [6.45, 7) is 7.36. The zero-order valence-electron chi connectivity index (χ0n) is 68.9. The molecule has 0 aliphatic heterocycles. The van der Waals surface area contributed by atoms with Crippen LogP contribution in [0.5, 0.6) is 0 Å². The van der Waals surface area contributed by atoms with Crippen molar-refractivity contribution in [3.05, 3.63) is 0 Å². The summed E-state index contributed by atoms with van der Waals surface area (Å²) in [5.41, 5.74) is 0. The zero-order valence-corrected chi connectivity index (χ0v) is 70.7. The van der Waals surface area contributed by atoms with Gasteiger partial charge in [0.2, 0.25) is 0 Å². The summed E-state index contributed by atoms with van der Waals surface area (Å²) in [5.74, 6) is -1.35. The van der Waals surface area contributed by atoms with Gasteiger partial charge in [-0.05, 0) is 31.6 Å². The van der Waals surface area contributed by atoms with Crippen molar-refractivity contribution in [2.45, 2.75) is 483 Å². The average molecular weight is 1540 g/mol. The Labute approximate surface area is 645 Å². The van der Waals surface area contributed by atoms with E-state index in [-0.39, 0.29) is 25.7 Å². The number of aliphatic hydroxyl groups excluding tert-OH is 1. The number of hydrogen-bond donors (Lipinski definition) is 3. The molecule has 105 heavy (non-hydrogen) atoms. The molecule has 0 saturated carbocycles.